The maximum atomic E-state index is 12.0. The number of aromatic nitrogens is 1. The molecule has 2 N–H and O–H groups in total. The van der Waals surface area contributed by atoms with Crippen molar-refractivity contribution >= 4 is 44.9 Å². The minimum atomic E-state index is -3.53. The molecule has 0 saturated heterocycles. The number of hydrogen-bond donors (Lipinski definition) is 2. The molecule has 0 bridgehead atoms. The second kappa shape index (κ2) is 5.06. The first-order chi connectivity index (χ1) is 8.42. The lowest BCUT2D eigenvalue weighted by atomic mass is 10.4. The summed E-state index contributed by atoms with van der Waals surface area (Å²) in [6, 6.07) is -0.000118. The number of nitrogens with zero attached hydrogens (tertiary/aromatic N) is 2. The van der Waals surface area contributed by atoms with Crippen LogP contribution in [0, 0.1) is 0 Å². The van der Waals surface area contributed by atoms with E-state index >= 15 is 0 Å². The van der Waals surface area contributed by atoms with E-state index in [0.29, 0.717) is 5.82 Å². The molecular formula is C9H14N4O2S3. The van der Waals surface area contributed by atoms with Crippen molar-refractivity contribution in [3.05, 3.63) is 0 Å². The molecule has 0 unspecified atom stereocenters. The number of guanidine groups is 1. The van der Waals surface area contributed by atoms with Crippen LogP contribution in [0.4, 0.5) is 5.82 Å². The lowest BCUT2D eigenvalue weighted by Crippen LogP contribution is -2.40. The minimum absolute atomic E-state index is 0.000118. The van der Waals surface area contributed by atoms with E-state index in [9.17, 15) is 8.42 Å². The zero-order valence-corrected chi connectivity index (χ0v) is 12.7. The van der Waals surface area contributed by atoms with E-state index in [2.05, 4.69) is 20.0 Å². The summed E-state index contributed by atoms with van der Waals surface area (Å²) in [4.78, 5) is 8.42. The monoisotopic (exact) mass is 306 g/mol. The van der Waals surface area contributed by atoms with Crippen LogP contribution in [0.15, 0.2) is 13.5 Å². The number of rotatable bonds is 3. The Morgan fingerprint density at radius 2 is 2.22 bits per heavy atom. The fourth-order valence-corrected chi connectivity index (χ4v) is 4.85. The first kappa shape index (κ1) is 13.6. The summed E-state index contributed by atoms with van der Waals surface area (Å²) in [5, 5.41) is 2.91. The molecule has 1 aromatic rings. The lowest BCUT2D eigenvalue weighted by molar-refractivity contribution is 0.593. The number of hydrogen-bond acceptors (Lipinski definition) is 6. The first-order valence-corrected chi connectivity index (χ1v) is 8.72. The van der Waals surface area contributed by atoms with E-state index in [1.165, 1.54) is 23.1 Å². The average Bonchev–Trinajstić information content (AvgIpc) is 2.60. The fraction of sp³-hybridized carbons (Fsp3) is 0.556. The maximum Gasteiger partial charge on any atom is 0.277 e. The Bertz CT molecular complexity index is 577. The van der Waals surface area contributed by atoms with E-state index in [0.717, 1.165) is 10.1 Å². The highest BCUT2D eigenvalue weighted by Crippen LogP contribution is 2.35. The van der Waals surface area contributed by atoms with Gasteiger partial charge in [-0.15, -0.1) is 0 Å². The third kappa shape index (κ3) is 2.78. The van der Waals surface area contributed by atoms with Crippen molar-refractivity contribution in [2.75, 3.05) is 11.1 Å². The first-order valence-electron chi connectivity index (χ1n) is 5.43. The van der Waals surface area contributed by atoms with Crippen molar-refractivity contribution in [3.63, 3.8) is 0 Å². The predicted octanol–water partition coefficient (Wildman–Crippen LogP) is 1.72. The summed E-state index contributed by atoms with van der Waals surface area (Å²) in [6.07, 6.45) is 0. The van der Waals surface area contributed by atoms with Crippen LogP contribution in [0.25, 0.3) is 0 Å². The molecule has 18 heavy (non-hydrogen) atoms. The van der Waals surface area contributed by atoms with Gasteiger partial charge in [0.25, 0.3) is 10.0 Å². The second-order valence-electron chi connectivity index (χ2n) is 3.85. The SMILES string of the molecule is CCSc1nc2c(s1)S(=O)(=O)NC(=NC(C)C)N2. The van der Waals surface area contributed by atoms with Crippen molar-refractivity contribution in [3.8, 4) is 0 Å². The molecule has 0 aliphatic carbocycles. The molecule has 9 heteroatoms. The normalized spacial score (nSPS) is 19.4. The molecule has 6 nitrogen and oxygen atoms in total. The summed E-state index contributed by atoms with van der Waals surface area (Å²) >= 11 is 2.69. The number of nitrogens with one attached hydrogen (secondary N) is 2. The molecule has 0 spiro atoms. The summed E-state index contributed by atoms with van der Waals surface area (Å²) in [5.74, 6) is 1.46. The van der Waals surface area contributed by atoms with E-state index in [4.69, 9.17) is 0 Å². The molecule has 2 heterocycles. The smallest absolute Gasteiger partial charge is 0.277 e. The van der Waals surface area contributed by atoms with E-state index < -0.39 is 10.0 Å². The average molecular weight is 306 g/mol. The quantitative estimate of drug-likeness (QED) is 0.831. The van der Waals surface area contributed by atoms with Crippen molar-refractivity contribution in [1.82, 2.24) is 9.71 Å². The Labute approximate surface area is 114 Å². The highest BCUT2D eigenvalue weighted by atomic mass is 32.3. The molecule has 0 atom stereocenters. The Morgan fingerprint density at radius 3 is 2.83 bits per heavy atom. The molecule has 1 aliphatic heterocycles. The van der Waals surface area contributed by atoms with Gasteiger partial charge in [0.15, 0.2) is 14.4 Å². The summed E-state index contributed by atoms with van der Waals surface area (Å²) in [7, 11) is -3.53. The van der Waals surface area contributed by atoms with Crippen molar-refractivity contribution in [2.45, 2.75) is 35.4 Å². The number of fused-ring (bicyclic) bond motifs is 1. The highest BCUT2D eigenvalue weighted by Gasteiger charge is 2.31. The van der Waals surface area contributed by atoms with Crippen LogP contribution in [0.1, 0.15) is 20.8 Å². The van der Waals surface area contributed by atoms with Crippen LogP contribution in [-0.2, 0) is 10.0 Å². The number of thiazole rings is 1. The van der Waals surface area contributed by atoms with Crippen LogP contribution in [0.5, 0.6) is 0 Å². The molecule has 0 fully saturated rings. The van der Waals surface area contributed by atoms with Gasteiger partial charge in [0.1, 0.15) is 0 Å². The van der Waals surface area contributed by atoms with E-state index in [1.807, 2.05) is 20.8 Å². The standard InChI is InChI=1S/C9H14N4O2S3/c1-4-16-9-12-6-7(17-9)18(14,15)13-8(11-6)10-5(2)3/h5H,4H2,1-3H3,(H2,10,11,13). The number of aliphatic imine (C=N–C) groups is 1. The van der Waals surface area contributed by atoms with Gasteiger partial charge < -0.3 is 5.32 Å². The largest absolute Gasteiger partial charge is 0.308 e. The second-order valence-corrected chi connectivity index (χ2v) is 8.24. The predicted molar refractivity (Wildman–Crippen MR) is 75.0 cm³/mol. The van der Waals surface area contributed by atoms with Gasteiger partial charge in [0.2, 0.25) is 5.96 Å². The van der Waals surface area contributed by atoms with E-state index in [1.54, 1.807) is 0 Å². The van der Waals surface area contributed by atoms with Gasteiger partial charge in [0, 0.05) is 6.04 Å². The summed E-state index contributed by atoms with van der Waals surface area (Å²) < 4.78 is 27.4. The Kier molecular flexibility index (Phi) is 3.83. The lowest BCUT2D eigenvalue weighted by Gasteiger charge is -2.17. The third-order valence-electron chi connectivity index (χ3n) is 1.94. The fourth-order valence-electron chi connectivity index (χ4n) is 1.36. The summed E-state index contributed by atoms with van der Waals surface area (Å²) in [6.45, 7) is 5.74. The van der Waals surface area contributed by atoms with Crippen LogP contribution in [0.2, 0.25) is 0 Å². The molecule has 0 radical (unpaired) electrons. The van der Waals surface area contributed by atoms with Gasteiger partial charge in [-0.2, -0.15) is 0 Å². The van der Waals surface area contributed by atoms with E-state index in [-0.39, 0.29) is 16.2 Å². The van der Waals surface area contributed by atoms with Crippen molar-refractivity contribution < 1.29 is 8.42 Å². The van der Waals surface area contributed by atoms with Gasteiger partial charge in [-0.3, -0.25) is 0 Å². The van der Waals surface area contributed by atoms with Crippen LogP contribution in [0.3, 0.4) is 0 Å². The molecule has 2 rings (SSSR count). The molecule has 100 valence electrons. The van der Waals surface area contributed by atoms with Crippen molar-refractivity contribution in [2.24, 2.45) is 4.99 Å². The number of sulfonamides is 1. The summed E-state index contributed by atoms with van der Waals surface area (Å²) in [5.41, 5.74) is 0. The van der Waals surface area contributed by atoms with Gasteiger partial charge >= 0.3 is 0 Å². The number of thioether (sulfide) groups is 1. The molecular weight excluding hydrogens is 292 g/mol. The zero-order valence-electron chi connectivity index (χ0n) is 10.2. The topological polar surface area (TPSA) is 83.5 Å². The molecule has 0 aromatic carbocycles. The molecule has 1 aromatic heterocycles. The highest BCUT2D eigenvalue weighted by molar-refractivity contribution is 8.01. The van der Waals surface area contributed by atoms with Crippen LogP contribution in [-0.4, -0.2) is 31.2 Å². The van der Waals surface area contributed by atoms with Crippen LogP contribution < -0.4 is 10.0 Å². The number of anilines is 1. The van der Waals surface area contributed by atoms with Gasteiger partial charge in [-0.25, -0.2) is 23.1 Å². The van der Waals surface area contributed by atoms with Crippen LogP contribution >= 0.6 is 23.1 Å². The third-order valence-corrected chi connectivity index (χ3v) is 5.87. The zero-order chi connectivity index (χ0) is 13.3. The molecule has 0 saturated carbocycles. The van der Waals surface area contributed by atoms with Crippen molar-refractivity contribution in [1.29, 1.82) is 0 Å². The Balaban J connectivity index is 2.41. The van der Waals surface area contributed by atoms with Gasteiger partial charge in [0.05, 0.1) is 0 Å². The van der Waals surface area contributed by atoms with Gasteiger partial charge in [-0.05, 0) is 19.6 Å². The Morgan fingerprint density at radius 1 is 1.50 bits per heavy atom. The molecule has 1 aliphatic rings. The Hall–Kier alpha value is -0.800. The van der Waals surface area contributed by atoms with Gasteiger partial charge in [-0.1, -0.05) is 30.0 Å². The minimum Gasteiger partial charge on any atom is -0.308 e. The maximum absolute atomic E-state index is 12.0. The molecule has 0 amide bonds.